The first-order chi connectivity index (χ1) is 8.70. The fourth-order valence-electron chi connectivity index (χ4n) is 2.00. The van der Waals surface area contributed by atoms with Crippen LogP contribution in [0.25, 0.3) is 0 Å². The van der Waals surface area contributed by atoms with E-state index in [1.54, 1.807) is 6.92 Å². The van der Waals surface area contributed by atoms with Crippen molar-refractivity contribution in [2.75, 3.05) is 25.5 Å². The summed E-state index contributed by atoms with van der Waals surface area (Å²) in [5.74, 6) is 0.798. The lowest BCUT2D eigenvalue weighted by Gasteiger charge is -2.24. The maximum atomic E-state index is 11.6. The molecular weight excluding hydrogens is 232 g/mol. The zero-order valence-corrected chi connectivity index (χ0v) is 10.7. The number of ether oxygens (including phenoxy) is 1. The van der Waals surface area contributed by atoms with E-state index in [9.17, 15) is 4.79 Å². The van der Waals surface area contributed by atoms with Gasteiger partial charge in [-0.05, 0) is 32.9 Å². The monoisotopic (exact) mass is 250 g/mol. The fraction of sp³-hybridized carbons (Fsp3) is 0.583. The lowest BCUT2D eigenvalue weighted by Crippen LogP contribution is -2.36. The van der Waals surface area contributed by atoms with Gasteiger partial charge in [-0.1, -0.05) is 0 Å². The highest BCUT2D eigenvalue weighted by Crippen LogP contribution is 2.16. The number of hydrogen-bond acceptors (Lipinski definition) is 6. The van der Waals surface area contributed by atoms with Crippen LogP contribution >= 0.6 is 0 Å². The van der Waals surface area contributed by atoms with E-state index in [2.05, 4.69) is 20.6 Å². The molecular formula is C12H18N4O2. The number of piperidine rings is 1. The normalized spacial score (nSPS) is 16.3. The van der Waals surface area contributed by atoms with Crippen LogP contribution in [-0.2, 0) is 4.74 Å². The molecule has 0 aliphatic carbocycles. The molecule has 1 aliphatic rings. The van der Waals surface area contributed by atoms with Crippen LogP contribution in [0.4, 0.5) is 5.82 Å². The van der Waals surface area contributed by atoms with Gasteiger partial charge >= 0.3 is 5.97 Å². The summed E-state index contributed by atoms with van der Waals surface area (Å²) in [5.41, 5.74) is 0.390. The first-order valence-corrected chi connectivity index (χ1v) is 6.10. The van der Waals surface area contributed by atoms with E-state index < -0.39 is 5.97 Å². The average Bonchev–Trinajstić information content (AvgIpc) is 2.39. The van der Waals surface area contributed by atoms with Crippen molar-refractivity contribution in [2.45, 2.75) is 25.8 Å². The Labute approximate surface area is 106 Å². The van der Waals surface area contributed by atoms with Crippen LogP contribution in [0.2, 0.25) is 0 Å². The van der Waals surface area contributed by atoms with E-state index >= 15 is 0 Å². The standard InChI is InChI=1S/C12H18N4O2/c1-8-14-7-10(12(17)18-2)11(15-8)16-9-3-5-13-6-4-9/h7,9,13H,3-6H2,1-2H3,(H,14,15,16). The van der Waals surface area contributed by atoms with E-state index in [4.69, 9.17) is 4.74 Å². The minimum atomic E-state index is -0.411. The molecule has 0 bridgehead atoms. The predicted octanol–water partition coefficient (Wildman–Crippen LogP) is 0.736. The number of anilines is 1. The summed E-state index contributed by atoms with van der Waals surface area (Å²) in [4.78, 5) is 20.0. The van der Waals surface area contributed by atoms with Crippen LogP contribution in [0.1, 0.15) is 29.0 Å². The third-order valence-electron chi connectivity index (χ3n) is 2.99. The molecule has 0 saturated carbocycles. The highest BCUT2D eigenvalue weighted by molar-refractivity contribution is 5.94. The summed E-state index contributed by atoms with van der Waals surface area (Å²) >= 11 is 0. The van der Waals surface area contributed by atoms with E-state index in [0.717, 1.165) is 25.9 Å². The van der Waals surface area contributed by atoms with Gasteiger partial charge in [0.2, 0.25) is 0 Å². The molecule has 6 nitrogen and oxygen atoms in total. The molecule has 6 heteroatoms. The topological polar surface area (TPSA) is 76.1 Å². The second kappa shape index (κ2) is 5.77. The van der Waals surface area contributed by atoms with Crippen molar-refractivity contribution in [1.82, 2.24) is 15.3 Å². The molecule has 1 saturated heterocycles. The Hall–Kier alpha value is -1.69. The first-order valence-electron chi connectivity index (χ1n) is 6.10. The molecule has 0 amide bonds. The van der Waals surface area contributed by atoms with Crippen molar-refractivity contribution >= 4 is 11.8 Å². The number of carbonyl (C=O) groups excluding carboxylic acids is 1. The van der Waals surface area contributed by atoms with Crippen LogP contribution in [0.15, 0.2) is 6.20 Å². The molecule has 1 aliphatic heterocycles. The highest BCUT2D eigenvalue weighted by atomic mass is 16.5. The zero-order chi connectivity index (χ0) is 13.0. The number of nitrogens with one attached hydrogen (secondary N) is 2. The van der Waals surface area contributed by atoms with Gasteiger partial charge in [-0.3, -0.25) is 0 Å². The van der Waals surface area contributed by atoms with Gasteiger partial charge in [0.25, 0.3) is 0 Å². The molecule has 0 radical (unpaired) electrons. The molecule has 98 valence electrons. The SMILES string of the molecule is COC(=O)c1cnc(C)nc1NC1CCNCC1. The van der Waals surface area contributed by atoms with E-state index in [1.165, 1.54) is 13.3 Å². The third kappa shape index (κ3) is 2.95. The highest BCUT2D eigenvalue weighted by Gasteiger charge is 2.19. The minimum absolute atomic E-state index is 0.337. The molecule has 0 atom stereocenters. The molecule has 0 unspecified atom stereocenters. The maximum absolute atomic E-state index is 11.6. The zero-order valence-electron chi connectivity index (χ0n) is 10.7. The van der Waals surface area contributed by atoms with Crippen molar-refractivity contribution < 1.29 is 9.53 Å². The smallest absolute Gasteiger partial charge is 0.343 e. The van der Waals surface area contributed by atoms with Crippen LogP contribution in [0.3, 0.4) is 0 Å². The largest absolute Gasteiger partial charge is 0.465 e. The molecule has 0 spiro atoms. The summed E-state index contributed by atoms with van der Waals surface area (Å²) in [6.45, 7) is 3.76. The third-order valence-corrected chi connectivity index (χ3v) is 2.99. The van der Waals surface area contributed by atoms with Gasteiger partial charge in [0.05, 0.1) is 7.11 Å². The van der Waals surface area contributed by atoms with E-state index in [1.807, 2.05) is 0 Å². The van der Waals surface area contributed by atoms with Crippen LogP contribution in [0.5, 0.6) is 0 Å². The van der Waals surface area contributed by atoms with Gasteiger partial charge in [0.15, 0.2) is 0 Å². The van der Waals surface area contributed by atoms with E-state index in [0.29, 0.717) is 23.2 Å². The van der Waals surface area contributed by atoms with Gasteiger partial charge < -0.3 is 15.4 Å². The Morgan fingerprint density at radius 2 is 2.22 bits per heavy atom. The first kappa shape index (κ1) is 12.8. The summed E-state index contributed by atoms with van der Waals surface area (Å²) in [7, 11) is 1.36. The molecule has 0 aromatic carbocycles. The number of aryl methyl sites for hydroxylation is 1. The Kier molecular flexibility index (Phi) is 4.09. The molecule has 1 aromatic heterocycles. The lowest BCUT2D eigenvalue weighted by molar-refractivity contribution is 0.0601. The molecule has 1 fully saturated rings. The second-order valence-corrected chi connectivity index (χ2v) is 4.34. The number of nitrogens with zero attached hydrogens (tertiary/aromatic N) is 2. The molecule has 2 N–H and O–H groups in total. The number of carbonyl (C=O) groups is 1. The Bertz CT molecular complexity index is 430. The Balaban J connectivity index is 2.18. The summed E-state index contributed by atoms with van der Waals surface area (Å²) in [5, 5.41) is 6.61. The van der Waals surface area contributed by atoms with Crippen molar-refractivity contribution in [2.24, 2.45) is 0 Å². The number of hydrogen-bond donors (Lipinski definition) is 2. The van der Waals surface area contributed by atoms with Crippen molar-refractivity contribution in [3.05, 3.63) is 17.6 Å². The molecule has 1 aromatic rings. The molecule has 18 heavy (non-hydrogen) atoms. The lowest BCUT2D eigenvalue weighted by atomic mass is 10.1. The van der Waals surface area contributed by atoms with Crippen LogP contribution in [0, 0.1) is 6.92 Å². The van der Waals surface area contributed by atoms with Crippen molar-refractivity contribution in [3.63, 3.8) is 0 Å². The van der Waals surface area contributed by atoms with Gasteiger partial charge in [-0.15, -0.1) is 0 Å². The summed E-state index contributed by atoms with van der Waals surface area (Å²) in [6.07, 6.45) is 3.55. The Morgan fingerprint density at radius 3 is 2.89 bits per heavy atom. The van der Waals surface area contributed by atoms with Gasteiger partial charge in [0, 0.05) is 12.2 Å². The average molecular weight is 250 g/mol. The van der Waals surface area contributed by atoms with Crippen LogP contribution < -0.4 is 10.6 Å². The van der Waals surface area contributed by atoms with Gasteiger partial charge in [-0.2, -0.15) is 0 Å². The minimum Gasteiger partial charge on any atom is -0.465 e. The number of esters is 1. The van der Waals surface area contributed by atoms with Gasteiger partial charge in [0.1, 0.15) is 17.2 Å². The molecule has 2 heterocycles. The maximum Gasteiger partial charge on any atom is 0.343 e. The molecule has 2 rings (SSSR count). The van der Waals surface area contributed by atoms with Crippen molar-refractivity contribution in [3.8, 4) is 0 Å². The number of rotatable bonds is 3. The second-order valence-electron chi connectivity index (χ2n) is 4.34. The predicted molar refractivity (Wildman–Crippen MR) is 67.6 cm³/mol. The van der Waals surface area contributed by atoms with E-state index in [-0.39, 0.29) is 0 Å². The number of aromatic nitrogens is 2. The Morgan fingerprint density at radius 1 is 1.50 bits per heavy atom. The summed E-state index contributed by atoms with van der Waals surface area (Å²) in [6, 6.07) is 0.337. The summed E-state index contributed by atoms with van der Waals surface area (Å²) < 4.78 is 4.73. The van der Waals surface area contributed by atoms with Gasteiger partial charge in [-0.25, -0.2) is 14.8 Å². The number of methoxy groups -OCH3 is 1. The van der Waals surface area contributed by atoms with Crippen LogP contribution in [-0.4, -0.2) is 42.2 Å². The quantitative estimate of drug-likeness (QED) is 0.770. The van der Waals surface area contributed by atoms with Crippen molar-refractivity contribution in [1.29, 1.82) is 0 Å². The fourth-order valence-corrected chi connectivity index (χ4v) is 2.00.